The lowest BCUT2D eigenvalue weighted by atomic mass is 9.89. The normalized spacial score (nSPS) is 19.2. The molecule has 4 rings (SSSR count). The minimum absolute atomic E-state index is 0.336. The number of aryl methyl sites for hydroxylation is 1. The lowest BCUT2D eigenvalue weighted by Gasteiger charge is -2.19. The van der Waals surface area contributed by atoms with Gasteiger partial charge in [-0.1, -0.05) is 20.8 Å². The molecule has 0 unspecified atom stereocenters. The summed E-state index contributed by atoms with van der Waals surface area (Å²) in [5.74, 6) is 1.12. The predicted molar refractivity (Wildman–Crippen MR) is 111 cm³/mol. The van der Waals surface area contributed by atoms with Crippen molar-refractivity contribution in [3.8, 4) is 0 Å². The van der Waals surface area contributed by atoms with Gasteiger partial charge in [0.25, 0.3) is 0 Å². The van der Waals surface area contributed by atoms with Crippen LogP contribution >= 0.6 is 0 Å². The SMILES string of the molecule is CCNc1nc2cc(CN3CCCC3)c(CC)cc2c2c1CC(C)(C)C2. The molecule has 0 radical (unpaired) electrons. The molecule has 1 aromatic heterocycles. The fraction of sp³-hybridized carbons (Fsp3) is 0.609. The molecular weight excluding hydrogens is 318 g/mol. The van der Waals surface area contributed by atoms with Crippen LogP contribution in [0.25, 0.3) is 10.9 Å². The summed E-state index contributed by atoms with van der Waals surface area (Å²) in [6.07, 6.45) is 6.09. The first-order valence-electron chi connectivity index (χ1n) is 10.4. The molecule has 3 heteroatoms. The summed E-state index contributed by atoms with van der Waals surface area (Å²) in [4.78, 5) is 7.68. The molecule has 26 heavy (non-hydrogen) atoms. The van der Waals surface area contributed by atoms with Gasteiger partial charge in [0.15, 0.2) is 0 Å². The molecule has 3 nitrogen and oxygen atoms in total. The zero-order valence-electron chi connectivity index (χ0n) is 16.9. The van der Waals surface area contributed by atoms with E-state index in [2.05, 4.69) is 50.0 Å². The van der Waals surface area contributed by atoms with E-state index in [9.17, 15) is 0 Å². The van der Waals surface area contributed by atoms with E-state index in [1.54, 1.807) is 5.56 Å². The maximum absolute atomic E-state index is 5.08. The summed E-state index contributed by atoms with van der Waals surface area (Å²) in [6.45, 7) is 13.7. The van der Waals surface area contributed by atoms with Gasteiger partial charge < -0.3 is 5.32 Å². The zero-order chi connectivity index (χ0) is 18.3. The van der Waals surface area contributed by atoms with Crippen LogP contribution in [0.4, 0.5) is 5.82 Å². The molecule has 0 atom stereocenters. The van der Waals surface area contributed by atoms with E-state index in [4.69, 9.17) is 4.98 Å². The number of fused-ring (bicyclic) bond motifs is 3. The molecular formula is C23H33N3. The van der Waals surface area contributed by atoms with Crippen molar-refractivity contribution in [3.05, 3.63) is 34.4 Å². The van der Waals surface area contributed by atoms with Gasteiger partial charge in [-0.15, -0.1) is 0 Å². The molecule has 1 N–H and O–H groups in total. The van der Waals surface area contributed by atoms with Crippen molar-refractivity contribution in [3.63, 3.8) is 0 Å². The number of likely N-dealkylation sites (tertiary alicyclic amines) is 1. The second-order valence-electron chi connectivity index (χ2n) is 8.94. The molecule has 2 aliphatic rings. The van der Waals surface area contributed by atoms with E-state index >= 15 is 0 Å². The van der Waals surface area contributed by atoms with Gasteiger partial charge in [0.05, 0.1) is 5.52 Å². The van der Waals surface area contributed by atoms with Crippen molar-refractivity contribution in [1.82, 2.24) is 9.88 Å². The number of nitrogens with zero attached hydrogens (tertiary/aromatic N) is 2. The smallest absolute Gasteiger partial charge is 0.130 e. The minimum Gasteiger partial charge on any atom is -0.370 e. The van der Waals surface area contributed by atoms with Crippen molar-refractivity contribution < 1.29 is 0 Å². The van der Waals surface area contributed by atoms with Crippen LogP contribution in [-0.2, 0) is 25.8 Å². The van der Waals surface area contributed by atoms with Crippen LogP contribution < -0.4 is 5.32 Å². The fourth-order valence-electron chi connectivity index (χ4n) is 4.89. The Kier molecular flexibility index (Phi) is 4.68. The van der Waals surface area contributed by atoms with Crippen LogP contribution in [0.5, 0.6) is 0 Å². The molecule has 140 valence electrons. The van der Waals surface area contributed by atoms with E-state index in [0.717, 1.165) is 38.2 Å². The third kappa shape index (κ3) is 3.22. The number of benzene rings is 1. The number of anilines is 1. The predicted octanol–water partition coefficient (Wildman–Crippen LogP) is 4.95. The molecule has 1 aliphatic carbocycles. The van der Waals surface area contributed by atoms with E-state index < -0.39 is 0 Å². The summed E-state index contributed by atoms with van der Waals surface area (Å²) in [5.41, 5.74) is 7.51. The number of aromatic nitrogens is 1. The number of rotatable bonds is 5. The van der Waals surface area contributed by atoms with Crippen molar-refractivity contribution in [2.24, 2.45) is 5.41 Å². The van der Waals surface area contributed by atoms with Gasteiger partial charge in [-0.05, 0) is 91.9 Å². The van der Waals surface area contributed by atoms with Crippen molar-refractivity contribution in [1.29, 1.82) is 0 Å². The lowest BCUT2D eigenvalue weighted by molar-refractivity contribution is 0.330. The number of nitrogens with one attached hydrogen (secondary N) is 1. The number of hydrogen-bond donors (Lipinski definition) is 1. The monoisotopic (exact) mass is 351 g/mol. The van der Waals surface area contributed by atoms with Gasteiger partial charge in [-0.2, -0.15) is 0 Å². The van der Waals surface area contributed by atoms with Gasteiger partial charge in [-0.3, -0.25) is 4.90 Å². The summed E-state index contributed by atoms with van der Waals surface area (Å²) >= 11 is 0. The maximum atomic E-state index is 5.08. The molecule has 0 spiro atoms. The summed E-state index contributed by atoms with van der Waals surface area (Å²) in [6, 6.07) is 4.85. The molecule has 2 aromatic rings. The Morgan fingerprint density at radius 3 is 2.46 bits per heavy atom. The first kappa shape index (κ1) is 17.8. The lowest BCUT2D eigenvalue weighted by Crippen LogP contribution is -2.19. The molecule has 0 saturated carbocycles. The highest BCUT2D eigenvalue weighted by Crippen LogP contribution is 2.43. The highest BCUT2D eigenvalue weighted by atomic mass is 15.1. The average Bonchev–Trinajstić information content (AvgIpc) is 3.21. The van der Waals surface area contributed by atoms with Crippen LogP contribution in [0, 0.1) is 5.41 Å². The third-order valence-electron chi connectivity index (χ3n) is 6.15. The molecule has 1 aliphatic heterocycles. The van der Waals surface area contributed by atoms with Gasteiger partial charge in [0.2, 0.25) is 0 Å². The maximum Gasteiger partial charge on any atom is 0.130 e. The van der Waals surface area contributed by atoms with Crippen molar-refractivity contribution in [2.45, 2.75) is 66.3 Å². The Morgan fingerprint density at radius 1 is 1.04 bits per heavy atom. The quantitative estimate of drug-likeness (QED) is 0.826. The topological polar surface area (TPSA) is 28.2 Å². The third-order valence-corrected chi connectivity index (χ3v) is 6.15. The molecule has 0 bridgehead atoms. The van der Waals surface area contributed by atoms with Crippen LogP contribution in [0.2, 0.25) is 0 Å². The Balaban J connectivity index is 1.83. The fourth-order valence-corrected chi connectivity index (χ4v) is 4.89. The Morgan fingerprint density at radius 2 is 1.77 bits per heavy atom. The van der Waals surface area contributed by atoms with E-state index in [1.807, 2.05) is 0 Å². The summed E-state index contributed by atoms with van der Waals surface area (Å²) < 4.78 is 0. The second kappa shape index (κ2) is 6.84. The number of hydrogen-bond acceptors (Lipinski definition) is 3. The van der Waals surface area contributed by atoms with E-state index in [0.29, 0.717) is 5.41 Å². The Hall–Kier alpha value is -1.61. The molecule has 2 heterocycles. The molecule has 1 saturated heterocycles. The first-order valence-corrected chi connectivity index (χ1v) is 10.4. The highest BCUT2D eigenvalue weighted by Gasteiger charge is 2.32. The molecule has 1 fully saturated rings. The standard InChI is InChI=1S/C23H33N3/c1-5-16-11-18-19-13-23(3,4)14-20(19)22(24-6-2)25-21(18)12-17(16)15-26-9-7-8-10-26/h11-12H,5-10,13-15H2,1-4H3,(H,24,25). The Labute approximate surface area is 158 Å². The van der Waals surface area contributed by atoms with Crippen molar-refractivity contribution in [2.75, 3.05) is 25.0 Å². The second-order valence-corrected chi connectivity index (χ2v) is 8.94. The van der Waals surface area contributed by atoms with Crippen LogP contribution in [0.15, 0.2) is 12.1 Å². The Bertz CT molecular complexity index is 816. The average molecular weight is 352 g/mol. The van der Waals surface area contributed by atoms with Gasteiger partial charge >= 0.3 is 0 Å². The summed E-state index contributed by atoms with van der Waals surface area (Å²) in [7, 11) is 0. The van der Waals surface area contributed by atoms with Crippen LogP contribution in [0.1, 0.15) is 62.8 Å². The number of pyridine rings is 1. The highest BCUT2D eigenvalue weighted by molar-refractivity contribution is 5.88. The van der Waals surface area contributed by atoms with Gasteiger partial charge in [0, 0.05) is 18.5 Å². The summed E-state index contributed by atoms with van der Waals surface area (Å²) in [5, 5.41) is 4.93. The minimum atomic E-state index is 0.336. The first-order chi connectivity index (χ1) is 12.5. The zero-order valence-corrected chi connectivity index (χ0v) is 16.9. The molecule has 1 aromatic carbocycles. The van der Waals surface area contributed by atoms with Crippen LogP contribution in [-0.4, -0.2) is 29.5 Å². The molecule has 0 amide bonds. The van der Waals surface area contributed by atoms with E-state index in [-0.39, 0.29) is 0 Å². The van der Waals surface area contributed by atoms with E-state index in [1.165, 1.54) is 53.5 Å². The largest absolute Gasteiger partial charge is 0.370 e. The van der Waals surface area contributed by atoms with Gasteiger partial charge in [0.1, 0.15) is 5.82 Å². The van der Waals surface area contributed by atoms with Crippen molar-refractivity contribution >= 4 is 16.7 Å². The van der Waals surface area contributed by atoms with Gasteiger partial charge in [-0.25, -0.2) is 4.98 Å². The van der Waals surface area contributed by atoms with Crippen LogP contribution in [0.3, 0.4) is 0 Å².